The van der Waals surface area contributed by atoms with Gasteiger partial charge in [-0.1, -0.05) is 55.5 Å². The van der Waals surface area contributed by atoms with Crippen LogP contribution in [-0.4, -0.2) is 21.4 Å². The molecule has 1 heterocycles. The Kier molecular flexibility index (Phi) is 6.12. The second kappa shape index (κ2) is 8.72. The van der Waals surface area contributed by atoms with Gasteiger partial charge in [-0.05, 0) is 49.6 Å². The van der Waals surface area contributed by atoms with Crippen molar-refractivity contribution in [3.05, 3.63) is 95.3 Å². The van der Waals surface area contributed by atoms with Crippen LogP contribution in [0.3, 0.4) is 0 Å². The first-order valence-corrected chi connectivity index (χ1v) is 9.64. The van der Waals surface area contributed by atoms with E-state index < -0.39 is 0 Å². The predicted molar refractivity (Wildman–Crippen MR) is 111 cm³/mol. The van der Waals surface area contributed by atoms with Gasteiger partial charge in [0, 0.05) is 30.0 Å². The summed E-state index contributed by atoms with van der Waals surface area (Å²) >= 11 is 0. The van der Waals surface area contributed by atoms with Gasteiger partial charge in [-0.2, -0.15) is 0 Å². The van der Waals surface area contributed by atoms with E-state index in [0.717, 1.165) is 29.8 Å². The first-order chi connectivity index (χ1) is 13.1. The molecule has 0 aliphatic carbocycles. The van der Waals surface area contributed by atoms with Gasteiger partial charge in [0.2, 0.25) is 0 Å². The number of benzene rings is 2. The zero-order valence-corrected chi connectivity index (χ0v) is 16.4. The normalized spacial score (nSPS) is 12.0. The monoisotopic (exact) mass is 360 g/mol. The van der Waals surface area contributed by atoms with Crippen molar-refractivity contribution >= 4 is 5.91 Å². The molecule has 140 valence electrons. The number of aryl methyl sites for hydroxylation is 1. The van der Waals surface area contributed by atoms with E-state index in [1.54, 1.807) is 0 Å². The first kappa shape index (κ1) is 19.0. The third-order valence-corrected chi connectivity index (χ3v) is 5.21. The van der Waals surface area contributed by atoms with Crippen LogP contribution in [0.25, 0.3) is 0 Å². The van der Waals surface area contributed by atoms with Crippen LogP contribution in [0.2, 0.25) is 0 Å². The summed E-state index contributed by atoms with van der Waals surface area (Å²) in [6, 6.07) is 22.6. The molecule has 0 saturated heterocycles. The van der Waals surface area contributed by atoms with Crippen molar-refractivity contribution in [2.75, 3.05) is 0 Å². The number of rotatable bonds is 7. The quantitative estimate of drug-likeness (QED) is 0.562. The molecule has 0 spiro atoms. The largest absolute Gasteiger partial charge is 0.345 e. The maximum Gasteiger partial charge on any atom is 0.254 e. The van der Waals surface area contributed by atoms with E-state index in [1.165, 1.54) is 5.56 Å². The number of hydrogen-bond acceptors (Lipinski definition) is 1. The Bertz CT molecular complexity index is 882. The van der Waals surface area contributed by atoms with Crippen molar-refractivity contribution in [3.63, 3.8) is 0 Å². The van der Waals surface area contributed by atoms with Gasteiger partial charge in [0.05, 0.1) is 6.54 Å². The van der Waals surface area contributed by atoms with E-state index in [2.05, 4.69) is 61.0 Å². The molecule has 0 N–H and O–H groups in total. The van der Waals surface area contributed by atoms with Crippen molar-refractivity contribution < 1.29 is 4.79 Å². The van der Waals surface area contributed by atoms with Gasteiger partial charge in [0.25, 0.3) is 5.91 Å². The molecule has 0 bridgehead atoms. The second-order valence-corrected chi connectivity index (χ2v) is 7.12. The molecule has 3 rings (SSSR count). The lowest BCUT2D eigenvalue weighted by Gasteiger charge is -2.30. The average Bonchev–Trinajstić information content (AvgIpc) is 3.13. The fourth-order valence-corrected chi connectivity index (χ4v) is 3.32. The van der Waals surface area contributed by atoms with Gasteiger partial charge < -0.3 is 9.47 Å². The van der Waals surface area contributed by atoms with Crippen LogP contribution in [0, 0.1) is 6.92 Å². The Morgan fingerprint density at radius 3 is 2.41 bits per heavy atom. The summed E-state index contributed by atoms with van der Waals surface area (Å²) in [6.07, 6.45) is 3.02. The van der Waals surface area contributed by atoms with Crippen molar-refractivity contribution in [2.45, 2.75) is 46.3 Å². The lowest BCUT2D eigenvalue weighted by Crippen LogP contribution is -2.38. The number of hydrogen-bond donors (Lipinski definition) is 0. The van der Waals surface area contributed by atoms with E-state index in [1.807, 2.05) is 42.2 Å². The number of aromatic nitrogens is 1. The molecule has 0 aliphatic heterocycles. The summed E-state index contributed by atoms with van der Waals surface area (Å²) in [5, 5.41) is 0. The molecule has 3 heteroatoms. The second-order valence-electron chi connectivity index (χ2n) is 7.12. The van der Waals surface area contributed by atoms with Gasteiger partial charge in [-0.3, -0.25) is 4.79 Å². The van der Waals surface area contributed by atoms with Crippen molar-refractivity contribution in [1.82, 2.24) is 9.47 Å². The summed E-state index contributed by atoms with van der Waals surface area (Å²) in [5.41, 5.74) is 4.23. The molecule has 3 aromatic rings. The minimum atomic E-state index is 0.106. The highest BCUT2D eigenvalue weighted by molar-refractivity contribution is 5.95. The molecule has 1 atom stereocenters. The summed E-state index contributed by atoms with van der Waals surface area (Å²) < 4.78 is 2.23. The van der Waals surface area contributed by atoms with Crippen molar-refractivity contribution in [1.29, 1.82) is 0 Å². The third-order valence-electron chi connectivity index (χ3n) is 5.21. The molecular weight excluding hydrogens is 332 g/mol. The lowest BCUT2D eigenvalue weighted by atomic mass is 10.1. The molecule has 1 amide bonds. The van der Waals surface area contributed by atoms with Gasteiger partial charge in [-0.15, -0.1) is 0 Å². The Morgan fingerprint density at radius 1 is 1.00 bits per heavy atom. The highest BCUT2D eigenvalue weighted by atomic mass is 16.2. The van der Waals surface area contributed by atoms with Gasteiger partial charge in [0.15, 0.2) is 0 Å². The average molecular weight is 361 g/mol. The molecule has 1 aromatic heterocycles. The first-order valence-electron chi connectivity index (χ1n) is 9.64. The SMILES string of the molecule is CCC(C)N(Cc1cccn1Cc1ccccc1)C(=O)c1ccccc1C. The van der Waals surface area contributed by atoms with Gasteiger partial charge >= 0.3 is 0 Å². The summed E-state index contributed by atoms with van der Waals surface area (Å²) in [5.74, 6) is 0.106. The molecular formula is C24H28N2O. The van der Waals surface area contributed by atoms with Crippen LogP contribution in [0.4, 0.5) is 0 Å². The molecule has 0 radical (unpaired) electrons. The fourth-order valence-electron chi connectivity index (χ4n) is 3.32. The van der Waals surface area contributed by atoms with Crippen LogP contribution >= 0.6 is 0 Å². The molecule has 1 unspecified atom stereocenters. The Morgan fingerprint density at radius 2 is 1.70 bits per heavy atom. The molecule has 3 nitrogen and oxygen atoms in total. The third kappa shape index (κ3) is 4.48. The minimum absolute atomic E-state index is 0.106. The van der Waals surface area contributed by atoms with Crippen LogP contribution < -0.4 is 0 Å². The van der Waals surface area contributed by atoms with E-state index in [9.17, 15) is 4.79 Å². The fraction of sp³-hybridized carbons (Fsp3) is 0.292. The molecule has 0 saturated carbocycles. The standard InChI is InChI=1S/C24H28N2O/c1-4-20(3)26(24(27)23-15-9-8-11-19(23)2)18-22-14-10-16-25(22)17-21-12-6-5-7-13-21/h5-16,20H,4,17-18H2,1-3H3. The Balaban J connectivity index is 1.85. The maximum atomic E-state index is 13.3. The van der Waals surface area contributed by atoms with Crippen LogP contribution in [0.15, 0.2) is 72.9 Å². The van der Waals surface area contributed by atoms with Crippen molar-refractivity contribution in [3.8, 4) is 0 Å². The minimum Gasteiger partial charge on any atom is -0.345 e. The molecule has 27 heavy (non-hydrogen) atoms. The Labute approximate surface area is 162 Å². The zero-order valence-electron chi connectivity index (χ0n) is 16.4. The zero-order chi connectivity index (χ0) is 19.2. The smallest absolute Gasteiger partial charge is 0.254 e. The molecule has 0 fully saturated rings. The van der Waals surface area contributed by atoms with Crippen LogP contribution in [0.5, 0.6) is 0 Å². The van der Waals surface area contributed by atoms with E-state index in [4.69, 9.17) is 0 Å². The van der Waals surface area contributed by atoms with Crippen LogP contribution in [0.1, 0.15) is 47.4 Å². The molecule has 2 aromatic carbocycles. The maximum absolute atomic E-state index is 13.3. The summed E-state index contributed by atoms with van der Waals surface area (Å²) in [6.45, 7) is 7.69. The van der Waals surface area contributed by atoms with Gasteiger partial charge in [-0.25, -0.2) is 0 Å². The number of amides is 1. The van der Waals surface area contributed by atoms with E-state index >= 15 is 0 Å². The topological polar surface area (TPSA) is 25.2 Å². The number of carbonyl (C=O) groups is 1. The highest BCUT2D eigenvalue weighted by Crippen LogP contribution is 2.18. The number of nitrogens with zero attached hydrogens (tertiary/aromatic N) is 2. The highest BCUT2D eigenvalue weighted by Gasteiger charge is 2.23. The van der Waals surface area contributed by atoms with Gasteiger partial charge in [0.1, 0.15) is 0 Å². The number of carbonyl (C=O) groups excluding carboxylic acids is 1. The van der Waals surface area contributed by atoms with E-state index in [0.29, 0.717) is 6.54 Å². The van der Waals surface area contributed by atoms with Crippen molar-refractivity contribution in [2.24, 2.45) is 0 Å². The molecule has 0 aliphatic rings. The Hall–Kier alpha value is -2.81. The predicted octanol–water partition coefficient (Wildman–Crippen LogP) is 5.29. The summed E-state index contributed by atoms with van der Waals surface area (Å²) in [4.78, 5) is 15.3. The van der Waals surface area contributed by atoms with E-state index in [-0.39, 0.29) is 11.9 Å². The van der Waals surface area contributed by atoms with Crippen LogP contribution in [-0.2, 0) is 13.1 Å². The summed E-state index contributed by atoms with van der Waals surface area (Å²) in [7, 11) is 0. The lowest BCUT2D eigenvalue weighted by molar-refractivity contribution is 0.0666.